The SMILES string of the molecule is CC.CC.CC.CC.CC1CCCO1.CC1CCOC1.CC1OCCCO1.CC1OCCO1. The van der Waals surface area contributed by atoms with Gasteiger partial charge in [0.25, 0.3) is 0 Å². The zero-order chi connectivity index (χ0) is 26.3. The first-order chi connectivity index (χ1) is 16.1. The average molecular weight is 483 g/mol. The first-order valence-corrected chi connectivity index (χ1v) is 13.7. The van der Waals surface area contributed by atoms with Gasteiger partial charge in [0.05, 0.1) is 32.5 Å². The van der Waals surface area contributed by atoms with Crippen LogP contribution >= 0.6 is 0 Å². The third kappa shape index (κ3) is 34.0. The molecule has 4 saturated heterocycles. The van der Waals surface area contributed by atoms with Crippen molar-refractivity contribution in [1.29, 1.82) is 0 Å². The third-order valence-corrected chi connectivity index (χ3v) is 4.10. The second kappa shape index (κ2) is 36.3. The van der Waals surface area contributed by atoms with Gasteiger partial charge in [0, 0.05) is 19.8 Å². The topological polar surface area (TPSA) is 55.4 Å². The molecule has 0 aromatic rings. The molecule has 0 radical (unpaired) electrons. The summed E-state index contributed by atoms with van der Waals surface area (Å²) in [5.74, 6) is 0.824. The molecule has 0 saturated carbocycles. The van der Waals surface area contributed by atoms with E-state index in [0.717, 1.165) is 58.6 Å². The molecule has 4 aliphatic heterocycles. The van der Waals surface area contributed by atoms with E-state index in [1.165, 1.54) is 19.3 Å². The molecular formula is C27H62O6. The van der Waals surface area contributed by atoms with Crippen LogP contribution in [0.1, 0.15) is 109 Å². The molecule has 4 rings (SSSR count). The van der Waals surface area contributed by atoms with E-state index in [1.54, 1.807) is 0 Å². The van der Waals surface area contributed by atoms with Crippen molar-refractivity contribution in [2.75, 3.05) is 46.2 Å². The van der Waals surface area contributed by atoms with E-state index >= 15 is 0 Å². The van der Waals surface area contributed by atoms with Gasteiger partial charge < -0.3 is 28.4 Å². The van der Waals surface area contributed by atoms with Crippen molar-refractivity contribution in [2.24, 2.45) is 5.92 Å². The maximum Gasteiger partial charge on any atom is 0.155 e. The van der Waals surface area contributed by atoms with Crippen molar-refractivity contribution >= 4 is 0 Å². The molecular weight excluding hydrogens is 420 g/mol. The van der Waals surface area contributed by atoms with E-state index in [-0.39, 0.29) is 12.6 Å². The van der Waals surface area contributed by atoms with E-state index < -0.39 is 0 Å². The van der Waals surface area contributed by atoms with Crippen molar-refractivity contribution in [3.05, 3.63) is 0 Å². The first kappa shape index (κ1) is 40.0. The number of hydrogen-bond donors (Lipinski definition) is 0. The molecule has 206 valence electrons. The summed E-state index contributed by atoms with van der Waals surface area (Å²) in [6, 6.07) is 0. The standard InChI is InChI=1S/C5H10O2.2C5H10O.C4H8O2.4C2H6/c1-5-6-3-2-4-7-5;1-5-2-3-6-4-5;1-5-3-2-4-6-5;1-4-5-2-3-6-4;4*1-2/h5H,2-4H2,1H3;2*5H,2-4H2,1H3;4H,2-3H2,1H3;4*1-2H3. The highest BCUT2D eigenvalue weighted by Gasteiger charge is 2.08. The Morgan fingerprint density at radius 2 is 0.879 bits per heavy atom. The monoisotopic (exact) mass is 482 g/mol. The highest BCUT2D eigenvalue weighted by Crippen LogP contribution is 2.09. The van der Waals surface area contributed by atoms with Gasteiger partial charge in [-0.1, -0.05) is 62.3 Å². The normalized spacial score (nSPS) is 23.3. The Kier molecular flexibility index (Phi) is 44.0. The summed E-state index contributed by atoms with van der Waals surface area (Å²) in [6.45, 7) is 30.4. The Morgan fingerprint density at radius 1 is 0.455 bits per heavy atom. The van der Waals surface area contributed by atoms with E-state index in [4.69, 9.17) is 28.4 Å². The van der Waals surface area contributed by atoms with E-state index in [1.807, 2.05) is 69.2 Å². The van der Waals surface area contributed by atoms with Crippen LogP contribution in [0.4, 0.5) is 0 Å². The second-order valence-corrected chi connectivity index (χ2v) is 6.76. The Bertz CT molecular complexity index is 247. The molecule has 2 atom stereocenters. The van der Waals surface area contributed by atoms with Gasteiger partial charge in [0.2, 0.25) is 0 Å². The third-order valence-electron chi connectivity index (χ3n) is 4.10. The van der Waals surface area contributed by atoms with Crippen LogP contribution < -0.4 is 0 Å². The number of hydrogen-bond acceptors (Lipinski definition) is 6. The van der Waals surface area contributed by atoms with Crippen molar-refractivity contribution in [3.8, 4) is 0 Å². The lowest BCUT2D eigenvalue weighted by atomic mass is 10.2. The number of ether oxygens (including phenoxy) is 6. The minimum Gasteiger partial charge on any atom is -0.381 e. The molecule has 0 aliphatic carbocycles. The predicted octanol–water partition coefficient (Wildman–Crippen LogP) is 7.48. The summed E-state index contributed by atoms with van der Waals surface area (Å²) in [4.78, 5) is 0. The molecule has 0 spiro atoms. The van der Waals surface area contributed by atoms with Crippen LogP contribution in [0.2, 0.25) is 0 Å². The summed E-state index contributed by atoms with van der Waals surface area (Å²) >= 11 is 0. The molecule has 33 heavy (non-hydrogen) atoms. The van der Waals surface area contributed by atoms with Crippen molar-refractivity contribution < 1.29 is 28.4 Å². The Morgan fingerprint density at radius 3 is 1.03 bits per heavy atom. The molecule has 0 aromatic carbocycles. The summed E-state index contributed by atoms with van der Waals surface area (Å²) in [6.07, 6.45) is 5.47. The minimum atomic E-state index is 0.0359. The van der Waals surface area contributed by atoms with Gasteiger partial charge in [-0.15, -0.1) is 0 Å². The highest BCUT2D eigenvalue weighted by atomic mass is 16.7. The first-order valence-electron chi connectivity index (χ1n) is 13.7. The van der Waals surface area contributed by atoms with Crippen molar-refractivity contribution in [2.45, 2.75) is 127 Å². The van der Waals surface area contributed by atoms with Crippen LogP contribution in [0.25, 0.3) is 0 Å². The maximum atomic E-state index is 5.15. The molecule has 4 aliphatic rings. The van der Waals surface area contributed by atoms with Gasteiger partial charge in [0.1, 0.15) is 0 Å². The van der Waals surface area contributed by atoms with E-state index in [2.05, 4.69) is 13.8 Å². The van der Waals surface area contributed by atoms with Gasteiger partial charge in [-0.25, -0.2) is 0 Å². The Balaban J connectivity index is -0.000000154. The summed E-state index contributed by atoms with van der Waals surface area (Å²) in [5, 5.41) is 0. The summed E-state index contributed by atoms with van der Waals surface area (Å²) in [5.41, 5.74) is 0. The molecule has 0 N–H and O–H groups in total. The van der Waals surface area contributed by atoms with Crippen LogP contribution in [0.5, 0.6) is 0 Å². The van der Waals surface area contributed by atoms with Gasteiger partial charge in [-0.2, -0.15) is 0 Å². The van der Waals surface area contributed by atoms with E-state index in [0.29, 0.717) is 6.10 Å². The molecule has 2 unspecified atom stereocenters. The highest BCUT2D eigenvalue weighted by molar-refractivity contribution is 4.56. The van der Waals surface area contributed by atoms with Gasteiger partial charge in [0.15, 0.2) is 12.6 Å². The van der Waals surface area contributed by atoms with Gasteiger partial charge in [-0.3, -0.25) is 0 Å². The average Bonchev–Trinajstić information content (AvgIpc) is 3.67. The lowest BCUT2D eigenvalue weighted by Gasteiger charge is -2.18. The molecule has 0 amide bonds. The largest absolute Gasteiger partial charge is 0.381 e. The quantitative estimate of drug-likeness (QED) is 0.357. The van der Waals surface area contributed by atoms with Crippen LogP contribution in [0.3, 0.4) is 0 Å². The maximum absolute atomic E-state index is 5.15. The van der Waals surface area contributed by atoms with E-state index in [9.17, 15) is 0 Å². The van der Waals surface area contributed by atoms with Crippen LogP contribution in [-0.2, 0) is 28.4 Å². The molecule has 0 aromatic heterocycles. The smallest absolute Gasteiger partial charge is 0.155 e. The number of rotatable bonds is 0. The fourth-order valence-electron chi connectivity index (χ4n) is 2.47. The Labute approximate surface area is 208 Å². The zero-order valence-corrected chi connectivity index (χ0v) is 24.5. The zero-order valence-electron chi connectivity index (χ0n) is 24.5. The van der Waals surface area contributed by atoms with Gasteiger partial charge >= 0.3 is 0 Å². The predicted molar refractivity (Wildman–Crippen MR) is 142 cm³/mol. The van der Waals surface area contributed by atoms with Crippen LogP contribution in [0.15, 0.2) is 0 Å². The van der Waals surface area contributed by atoms with Gasteiger partial charge in [-0.05, 0) is 52.4 Å². The fourth-order valence-corrected chi connectivity index (χ4v) is 2.47. The van der Waals surface area contributed by atoms with Crippen molar-refractivity contribution in [1.82, 2.24) is 0 Å². The molecule has 0 bridgehead atoms. The van der Waals surface area contributed by atoms with Crippen LogP contribution in [-0.4, -0.2) is 64.9 Å². The fraction of sp³-hybridized carbons (Fsp3) is 1.00. The lowest BCUT2D eigenvalue weighted by Crippen LogP contribution is -2.21. The lowest BCUT2D eigenvalue weighted by molar-refractivity contribution is -0.167. The van der Waals surface area contributed by atoms with Crippen molar-refractivity contribution in [3.63, 3.8) is 0 Å². The molecule has 6 nitrogen and oxygen atoms in total. The minimum absolute atomic E-state index is 0.0359. The summed E-state index contributed by atoms with van der Waals surface area (Å²) < 4.78 is 30.2. The second-order valence-electron chi connectivity index (χ2n) is 6.76. The van der Waals surface area contributed by atoms with Crippen LogP contribution in [0, 0.1) is 5.92 Å². The Hall–Kier alpha value is -0.240. The molecule has 4 fully saturated rings. The summed E-state index contributed by atoms with van der Waals surface area (Å²) in [7, 11) is 0. The molecule has 4 heterocycles. The molecule has 6 heteroatoms.